The Morgan fingerprint density at radius 3 is 2.82 bits per heavy atom. The average Bonchev–Trinajstić information content (AvgIpc) is 2.97. The third-order valence-electron chi connectivity index (χ3n) is 4.02. The van der Waals surface area contributed by atoms with Crippen LogP contribution in [-0.2, 0) is 6.54 Å². The van der Waals surface area contributed by atoms with Crippen molar-refractivity contribution in [1.82, 2.24) is 10.2 Å². The molecule has 2 N–H and O–H groups in total. The molecular formula is C18H23N3O. The smallest absolute Gasteiger partial charge is 0.194 e. The van der Waals surface area contributed by atoms with Gasteiger partial charge in [0.1, 0.15) is 0 Å². The minimum absolute atomic E-state index is 0.232. The highest BCUT2D eigenvalue weighted by Gasteiger charge is 2.22. The van der Waals surface area contributed by atoms with Gasteiger partial charge in [0.25, 0.3) is 0 Å². The molecule has 1 fully saturated rings. The maximum absolute atomic E-state index is 9.70. The van der Waals surface area contributed by atoms with E-state index in [0.29, 0.717) is 13.1 Å². The quantitative estimate of drug-likeness (QED) is 0.675. The Hall–Kier alpha value is -2.07. The molecule has 4 nitrogen and oxygen atoms in total. The van der Waals surface area contributed by atoms with Crippen LogP contribution in [0.15, 0.2) is 47.5 Å². The lowest BCUT2D eigenvalue weighted by Gasteiger charge is -2.20. The number of nitrogens with one attached hydrogen (secondary N) is 1. The molecule has 0 unspecified atom stereocenters. The fraction of sp³-hybridized carbons (Fsp3) is 0.389. The summed E-state index contributed by atoms with van der Waals surface area (Å²) in [6, 6.07) is 14.8. The van der Waals surface area contributed by atoms with Gasteiger partial charge in [0, 0.05) is 19.6 Å². The van der Waals surface area contributed by atoms with Gasteiger partial charge in [-0.2, -0.15) is 0 Å². The minimum atomic E-state index is -0.232. The van der Waals surface area contributed by atoms with Crippen molar-refractivity contribution in [3.63, 3.8) is 0 Å². The molecular weight excluding hydrogens is 274 g/mol. The van der Waals surface area contributed by atoms with E-state index < -0.39 is 0 Å². The molecule has 2 aromatic carbocycles. The number of nitrogens with zero attached hydrogens (tertiary/aromatic N) is 2. The van der Waals surface area contributed by atoms with Crippen LogP contribution in [0, 0.1) is 0 Å². The van der Waals surface area contributed by atoms with Crippen molar-refractivity contribution in [2.24, 2.45) is 4.99 Å². The molecule has 0 aliphatic carbocycles. The SMILES string of the molecule is CCNC(=NCc1ccc2ccccc2c1)N1CC[C@@H](O)C1. The van der Waals surface area contributed by atoms with Gasteiger partial charge in [-0.3, -0.25) is 0 Å². The minimum Gasteiger partial charge on any atom is -0.391 e. The molecule has 0 aromatic heterocycles. The number of likely N-dealkylation sites (tertiary alicyclic amines) is 1. The highest BCUT2D eigenvalue weighted by atomic mass is 16.3. The number of benzene rings is 2. The van der Waals surface area contributed by atoms with Gasteiger partial charge in [-0.1, -0.05) is 36.4 Å². The molecule has 1 heterocycles. The monoisotopic (exact) mass is 297 g/mol. The molecule has 0 bridgehead atoms. The molecule has 3 rings (SSSR count). The van der Waals surface area contributed by atoms with Gasteiger partial charge in [-0.25, -0.2) is 4.99 Å². The highest BCUT2D eigenvalue weighted by Crippen LogP contribution is 2.16. The second-order valence-electron chi connectivity index (χ2n) is 5.74. The van der Waals surface area contributed by atoms with Crippen LogP contribution in [0.25, 0.3) is 10.8 Å². The number of aliphatic hydroxyl groups excluding tert-OH is 1. The Bertz CT molecular complexity index is 668. The Kier molecular flexibility index (Phi) is 4.59. The number of aliphatic imine (C=N–C) groups is 1. The van der Waals surface area contributed by atoms with E-state index in [1.165, 1.54) is 16.3 Å². The summed E-state index contributed by atoms with van der Waals surface area (Å²) in [7, 11) is 0. The number of β-amino-alcohol motifs (C(OH)–C–C–N with tert-alkyl or cyclic N) is 1. The molecule has 0 saturated carbocycles. The Balaban J connectivity index is 1.76. The number of fused-ring (bicyclic) bond motifs is 1. The zero-order valence-electron chi connectivity index (χ0n) is 13.0. The molecule has 116 valence electrons. The second kappa shape index (κ2) is 6.79. The maximum Gasteiger partial charge on any atom is 0.194 e. The first-order chi connectivity index (χ1) is 10.8. The molecule has 0 radical (unpaired) electrons. The van der Waals surface area contributed by atoms with E-state index in [1.807, 2.05) is 0 Å². The van der Waals surface area contributed by atoms with Gasteiger partial charge in [-0.05, 0) is 35.7 Å². The van der Waals surface area contributed by atoms with Gasteiger partial charge in [-0.15, -0.1) is 0 Å². The van der Waals surface area contributed by atoms with Crippen molar-refractivity contribution in [3.8, 4) is 0 Å². The molecule has 1 atom stereocenters. The van der Waals surface area contributed by atoms with E-state index >= 15 is 0 Å². The lowest BCUT2D eigenvalue weighted by molar-refractivity contribution is 0.188. The highest BCUT2D eigenvalue weighted by molar-refractivity contribution is 5.83. The second-order valence-corrected chi connectivity index (χ2v) is 5.74. The van der Waals surface area contributed by atoms with Crippen LogP contribution in [0.2, 0.25) is 0 Å². The number of hydrogen-bond donors (Lipinski definition) is 2. The third kappa shape index (κ3) is 3.39. The van der Waals surface area contributed by atoms with Gasteiger partial charge < -0.3 is 15.3 Å². The first-order valence-electron chi connectivity index (χ1n) is 7.95. The van der Waals surface area contributed by atoms with Crippen LogP contribution in [0.5, 0.6) is 0 Å². The van der Waals surface area contributed by atoms with Crippen molar-refractivity contribution >= 4 is 16.7 Å². The first kappa shape index (κ1) is 14.9. The number of rotatable bonds is 3. The lowest BCUT2D eigenvalue weighted by atomic mass is 10.1. The average molecular weight is 297 g/mol. The molecule has 0 amide bonds. The Morgan fingerprint density at radius 1 is 1.27 bits per heavy atom. The summed E-state index contributed by atoms with van der Waals surface area (Å²) in [4.78, 5) is 6.86. The Morgan fingerprint density at radius 2 is 2.09 bits per heavy atom. The van der Waals surface area contributed by atoms with Crippen molar-refractivity contribution < 1.29 is 5.11 Å². The van der Waals surface area contributed by atoms with Crippen LogP contribution in [0.1, 0.15) is 18.9 Å². The predicted octanol–water partition coefficient (Wildman–Crippen LogP) is 2.37. The summed E-state index contributed by atoms with van der Waals surface area (Å²) in [5.74, 6) is 0.896. The molecule has 1 aliphatic rings. The van der Waals surface area contributed by atoms with Crippen LogP contribution in [-0.4, -0.2) is 41.7 Å². The largest absolute Gasteiger partial charge is 0.391 e. The number of aliphatic hydroxyl groups is 1. The molecule has 1 saturated heterocycles. The topological polar surface area (TPSA) is 47.9 Å². The maximum atomic E-state index is 9.70. The molecule has 1 aliphatic heterocycles. The summed E-state index contributed by atoms with van der Waals surface area (Å²) in [5, 5.41) is 15.5. The van der Waals surface area contributed by atoms with E-state index in [4.69, 9.17) is 4.99 Å². The zero-order chi connectivity index (χ0) is 15.4. The van der Waals surface area contributed by atoms with Gasteiger partial charge >= 0.3 is 0 Å². The van der Waals surface area contributed by atoms with Crippen molar-refractivity contribution in [2.45, 2.75) is 26.0 Å². The van der Waals surface area contributed by atoms with Gasteiger partial charge in [0.05, 0.1) is 12.6 Å². The van der Waals surface area contributed by atoms with E-state index in [2.05, 4.69) is 59.6 Å². The normalized spacial score (nSPS) is 18.9. The molecule has 4 heteroatoms. The van der Waals surface area contributed by atoms with Crippen LogP contribution in [0.3, 0.4) is 0 Å². The van der Waals surface area contributed by atoms with E-state index in [9.17, 15) is 5.11 Å². The summed E-state index contributed by atoms with van der Waals surface area (Å²) in [6.07, 6.45) is 0.588. The van der Waals surface area contributed by atoms with Crippen molar-refractivity contribution in [3.05, 3.63) is 48.0 Å². The standard InChI is InChI=1S/C18H23N3O/c1-2-19-18(21-10-9-17(22)13-21)20-12-14-7-8-15-5-3-4-6-16(15)11-14/h3-8,11,17,22H,2,9-10,12-13H2,1H3,(H,19,20)/t17-/m1/s1. The van der Waals surface area contributed by atoms with E-state index in [1.54, 1.807) is 0 Å². The Labute approximate surface area is 131 Å². The van der Waals surface area contributed by atoms with Crippen LogP contribution >= 0.6 is 0 Å². The molecule has 0 spiro atoms. The van der Waals surface area contributed by atoms with E-state index in [-0.39, 0.29) is 6.10 Å². The fourth-order valence-electron chi connectivity index (χ4n) is 2.86. The van der Waals surface area contributed by atoms with Crippen LogP contribution < -0.4 is 5.32 Å². The third-order valence-corrected chi connectivity index (χ3v) is 4.02. The van der Waals surface area contributed by atoms with Crippen molar-refractivity contribution in [1.29, 1.82) is 0 Å². The molecule has 2 aromatic rings. The number of guanidine groups is 1. The lowest BCUT2D eigenvalue weighted by Crippen LogP contribution is -2.40. The van der Waals surface area contributed by atoms with E-state index in [0.717, 1.165) is 25.5 Å². The first-order valence-corrected chi connectivity index (χ1v) is 7.95. The summed E-state index contributed by atoms with van der Waals surface area (Å²) in [6.45, 7) is 5.09. The zero-order valence-corrected chi connectivity index (χ0v) is 13.0. The van der Waals surface area contributed by atoms with Gasteiger partial charge in [0.15, 0.2) is 5.96 Å². The summed E-state index contributed by atoms with van der Waals surface area (Å²) in [5.41, 5.74) is 1.20. The fourth-order valence-corrected chi connectivity index (χ4v) is 2.86. The van der Waals surface area contributed by atoms with Crippen molar-refractivity contribution in [2.75, 3.05) is 19.6 Å². The predicted molar refractivity (Wildman–Crippen MR) is 91.0 cm³/mol. The molecule has 22 heavy (non-hydrogen) atoms. The van der Waals surface area contributed by atoms with Gasteiger partial charge in [0.2, 0.25) is 0 Å². The van der Waals surface area contributed by atoms with Crippen LogP contribution in [0.4, 0.5) is 0 Å². The number of hydrogen-bond acceptors (Lipinski definition) is 2. The summed E-state index contributed by atoms with van der Waals surface area (Å²) < 4.78 is 0. The summed E-state index contributed by atoms with van der Waals surface area (Å²) >= 11 is 0.